The van der Waals surface area contributed by atoms with Crippen LogP contribution < -0.4 is 4.90 Å². The number of amides is 1. The fourth-order valence-electron chi connectivity index (χ4n) is 5.15. The zero-order valence-corrected chi connectivity index (χ0v) is 22.7. The monoisotopic (exact) mass is 619 g/mol. The molecule has 1 amide bonds. The molecule has 1 aromatic carbocycles. The number of benzene rings is 1. The second-order valence-electron chi connectivity index (χ2n) is 11.2. The molecule has 4 N–H and O–H groups in total. The van der Waals surface area contributed by atoms with Crippen molar-refractivity contribution in [3.05, 3.63) is 29.3 Å². The van der Waals surface area contributed by atoms with Crippen molar-refractivity contribution in [3.8, 4) is 0 Å². The molecule has 0 unspecified atom stereocenters. The number of halogens is 9. The molecule has 0 aromatic heterocycles. The van der Waals surface area contributed by atoms with E-state index in [1.807, 2.05) is 0 Å². The third-order valence-electron chi connectivity index (χ3n) is 7.75. The topological polar surface area (TPSA) is 117 Å². The minimum Gasteiger partial charge on any atom is -0.426 e. The summed E-state index contributed by atoms with van der Waals surface area (Å²) >= 11 is 0. The summed E-state index contributed by atoms with van der Waals surface area (Å²) in [5.74, 6) is -7.20. The average molecular weight is 619 g/mol. The highest BCUT2D eigenvalue weighted by atomic mass is 19.4. The van der Waals surface area contributed by atoms with Crippen molar-refractivity contribution in [2.24, 2.45) is 0 Å². The summed E-state index contributed by atoms with van der Waals surface area (Å²) in [6.07, 6.45) is -23.1. The Bertz CT molecular complexity index is 1150. The summed E-state index contributed by atoms with van der Waals surface area (Å²) in [6, 6.07) is 2.54. The Morgan fingerprint density at radius 1 is 0.857 bits per heavy atom. The van der Waals surface area contributed by atoms with Crippen LogP contribution in [0, 0.1) is 0 Å². The van der Waals surface area contributed by atoms with E-state index in [1.54, 1.807) is 4.90 Å². The van der Waals surface area contributed by atoms with Crippen LogP contribution in [-0.2, 0) is 17.5 Å². The van der Waals surface area contributed by atoms with E-state index in [1.165, 1.54) is 0 Å². The predicted octanol–water partition coefficient (Wildman–Crippen LogP) is -1.83. The summed E-state index contributed by atoms with van der Waals surface area (Å²) in [6.45, 7) is -0.0433. The van der Waals surface area contributed by atoms with Gasteiger partial charge in [-0.2, -0.15) is 39.5 Å². The molecule has 0 spiro atoms. The lowest BCUT2D eigenvalue weighted by molar-refractivity contribution is -0.412. The zero-order chi connectivity index (χ0) is 32.5. The Kier molecular flexibility index (Phi) is 8.49. The van der Waals surface area contributed by atoms with Crippen LogP contribution >= 0.6 is 0 Å². The van der Waals surface area contributed by atoms with Crippen molar-refractivity contribution in [2.75, 3.05) is 18.0 Å². The van der Waals surface area contributed by atoms with Crippen LogP contribution in [0.25, 0.3) is 0 Å². The van der Waals surface area contributed by atoms with Gasteiger partial charge in [0.25, 0.3) is 12.0 Å². The van der Waals surface area contributed by atoms with Crippen molar-refractivity contribution in [2.45, 2.75) is 66.5 Å². The third kappa shape index (κ3) is 5.79. The second kappa shape index (κ2) is 10.4. The molecule has 0 aliphatic carbocycles. The first kappa shape index (κ1) is 34.2. The van der Waals surface area contributed by atoms with Crippen molar-refractivity contribution in [3.63, 3.8) is 0 Å². The summed E-state index contributed by atoms with van der Waals surface area (Å²) in [5.41, 5.74) is -0.974. The predicted molar refractivity (Wildman–Crippen MR) is 137 cm³/mol. The number of alkyl halides is 9. The molecule has 2 fully saturated rings. The summed E-state index contributed by atoms with van der Waals surface area (Å²) < 4.78 is 123. The first-order valence-corrected chi connectivity index (χ1v) is 12.4. The fraction of sp³-hybridized carbons (Fsp3) is 0.650. The number of ether oxygens (including phenoxy) is 1. The lowest BCUT2D eigenvalue weighted by atomic mass is 9.48. The third-order valence-corrected chi connectivity index (χ3v) is 7.75. The van der Waals surface area contributed by atoms with E-state index in [4.69, 9.17) is 0 Å². The molecule has 2 heterocycles. The smallest absolute Gasteiger partial charge is 0.426 e. The summed E-state index contributed by atoms with van der Waals surface area (Å²) in [4.78, 5) is 14.4. The average Bonchev–Trinajstić information content (AvgIpc) is 3.32. The number of carbonyl (C=O) groups is 1. The Morgan fingerprint density at radius 3 is 1.81 bits per heavy atom. The summed E-state index contributed by atoms with van der Waals surface area (Å²) in [7, 11) is 3.13. The highest BCUT2D eigenvalue weighted by Crippen LogP contribution is 2.46. The van der Waals surface area contributed by atoms with Gasteiger partial charge in [0, 0.05) is 30.7 Å². The molecule has 3 rings (SSSR count). The maximum atomic E-state index is 13.5. The van der Waals surface area contributed by atoms with Crippen molar-refractivity contribution in [1.82, 2.24) is 9.80 Å². The Morgan fingerprint density at radius 2 is 1.36 bits per heavy atom. The van der Waals surface area contributed by atoms with E-state index in [9.17, 15) is 64.7 Å². The largest absolute Gasteiger partial charge is 0.434 e. The number of piperazine rings is 1. The SMILES string of the molecule is BC1(B)N(C(=O)OC(C(F)(F)F)C(F)(F)F)C(O)(O)C(B)(B)N(Cc2ccc(C(F)(F)F)cc2N2CCCC2)C1(O)O. The normalized spacial score (nSPS) is 22.4. The van der Waals surface area contributed by atoms with Crippen molar-refractivity contribution < 1.29 is 69.5 Å². The van der Waals surface area contributed by atoms with Crippen LogP contribution in [0.1, 0.15) is 24.0 Å². The zero-order valence-electron chi connectivity index (χ0n) is 22.7. The molecular formula is C20H26B4F9N3O6. The molecular weight excluding hydrogens is 592 g/mol. The van der Waals surface area contributed by atoms with Crippen LogP contribution in [0.3, 0.4) is 0 Å². The van der Waals surface area contributed by atoms with Gasteiger partial charge in [-0.3, -0.25) is 9.80 Å². The van der Waals surface area contributed by atoms with Crippen LogP contribution in [0.5, 0.6) is 0 Å². The Labute approximate surface area is 236 Å². The maximum Gasteiger partial charge on any atom is 0.434 e. The molecule has 0 atom stereocenters. The Hall–Kier alpha value is -2.28. The lowest BCUT2D eigenvalue weighted by Crippen LogP contribution is -2.91. The fourth-order valence-corrected chi connectivity index (χ4v) is 5.15. The molecule has 22 heteroatoms. The first-order chi connectivity index (χ1) is 18.7. The van der Waals surface area contributed by atoms with Gasteiger partial charge in [-0.15, -0.1) is 0 Å². The highest BCUT2D eigenvalue weighted by Gasteiger charge is 2.71. The standard InChI is InChI=1S/C20H26B4F9N3O6/c21-17(22)20(40,41)36(13(37)42-12(15(28,29)30)16(31,32)33)18(23,24)19(38,39)35(17)8-9-3-4-10(14(25,26)27)7-11(9)34-5-1-2-6-34/h3-4,7,12,38-41H,1-2,5-6,8,21-24H2. The van der Waals surface area contributed by atoms with Gasteiger partial charge in [-0.1, -0.05) is 6.07 Å². The number of carbonyl (C=O) groups excluding carboxylic acids is 1. The van der Waals surface area contributed by atoms with Gasteiger partial charge in [0.1, 0.15) is 31.4 Å². The molecule has 42 heavy (non-hydrogen) atoms. The number of anilines is 1. The molecule has 1 aromatic rings. The molecule has 0 saturated carbocycles. The molecule has 2 aliphatic rings. The van der Waals surface area contributed by atoms with Crippen molar-refractivity contribution >= 4 is 43.2 Å². The molecule has 9 nitrogen and oxygen atoms in total. The van der Waals surface area contributed by atoms with Gasteiger partial charge in [0.2, 0.25) is 5.91 Å². The number of hydrogen-bond acceptors (Lipinski definition) is 8. The minimum absolute atomic E-state index is 0.0215. The number of aliphatic hydroxyl groups is 4. The molecule has 0 radical (unpaired) electrons. The molecule has 0 bridgehead atoms. The van der Waals surface area contributed by atoms with E-state index in [2.05, 4.69) is 4.74 Å². The van der Waals surface area contributed by atoms with Gasteiger partial charge in [-0.05, 0) is 30.5 Å². The summed E-state index contributed by atoms with van der Waals surface area (Å²) in [5, 5.41) is 39.4. The van der Waals surface area contributed by atoms with Crippen LogP contribution in [-0.4, -0.2) is 122 Å². The van der Waals surface area contributed by atoms with Gasteiger partial charge in [0.05, 0.1) is 10.9 Å². The van der Waals surface area contributed by atoms with Crippen LogP contribution in [0.4, 0.5) is 50.0 Å². The Balaban J connectivity index is 2.10. The van der Waals surface area contributed by atoms with Gasteiger partial charge < -0.3 is 30.1 Å². The molecule has 232 valence electrons. The van der Waals surface area contributed by atoms with E-state index in [-0.39, 0.29) is 11.3 Å². The minimum atomic E-state index is -6.17. The van der Waals surface area contributed by atoms with Crippen molar-refractivity contribution in [1.29, 1.82) is 0 Å². The number of nitrogens with zero attached hydrogens (tertiary/aromatic N) is 3. The molecule has 2 aliphatic heterocycles. The van der Waals surface area contributed by atoms with E-state index in [0.717, 1.165) is 27.8 Å². The second-order valence-corrected chi connectivity index (χ2v) is 11.2. The van der Waals surface area contributed by atoms with Gasteiger partial charge in [-0.25, -0.2) is 4.79 Å². The number of rotatable bonds is 4. The van der Waals surface area contributed by atoms with Gasteiger partial charge >= 0.3 is 24.6 Å². The highest BCUT2D eigenvalue weighted by molar-refractivity contribution is 6.44. The van der Waals surface area contributed by atoms with E-state index in [0.29, 0.717) is 52.6 Å². The number of hydrogen-bond donors (Lipinski definition) is 4. The van der Waals surface area contributed by atoms with Crippen LogP contribution in [0.15, 0.2) is 18.2 Å². The first-order valence-electron chi connectivity index (χ1n) is 12.4. The lowest BCUT2D eigenvalue weighted by Gasteiger charge is -2.66. The van der Waals surface area contributed by atoms with E-state index >= 15 is 0 Å². The van der Waals surface area contributed by atoms with Crippen LogP contribution in [0.2, 0.25) is 0 Å². The molecule has 2 saturated heterocycles. The van der Waals surface area contributed by atoms with E-state index < -0.39 is 70.2 Å². The quantitative estimate of drug-likeness (QED) is 0.177. The van der Waals surface area contributed by atoms with Gasteiger partial charge in [0.15, 0.2) is 0 Å². The maximum absolute atomic E-state index is 13.5.